The van der Waals surface area contributed by atoms with E-state index in [1.807, 2.05) is 0 Å². The van der Waals surface area contributed by atoms with Crippen LogP contribution in [0.4, 0.5) is 0 Å². The molecule has 1 aromatic rings. The highest BCUT2D eigenvalue weighted by Crippen LogP contribution is 2.24. The Morgan fingerprint density at radius 3 is 2.37 bits per heavy atom. The van der Waals surface area contributed by atoms with Gasteiger partial charge in [0.05, 0.1) is 5.71 Å². The topological polar surface area (TPSA) is 73.1 Å². The quantitative estimate of drug-likeness (QED) is 0.287. The summed E-state index contributed by atoms with van der Waals surface area (Å²) in [5.41, 5.74) is 0.946. The smallest absolute Gasteiger partial charge is 0.128 e. The first-order valence-electron chi connectivity index (χ1n) is 6.92. The van der Waals surface area contributed by atoms with Crippen LogP contribution in [0.2, 0.25) is 0 Å². The van der Waals surface area contributed by atoms with Crippen molar-refractivity contribution in [1.29, 1.82) is 0 Å². The lowest BCUT2D eigenvalue weighted by Crippen LogP contribution is -2.01. The summed E-state index contributed by atoms with van der Waals surface area (Å²) in [5.74, 6) is -0.0584. The molecule has 1 rings (SSSR count). The van der Waals surface area contributed by atoms with Crippen LogP contribution in [0, 0.1) is 0 Å². The van der Waals surface area contributed by atoms with E-state index in [0.29, 0.717) is 17.7 Å². The van der Waals surface area contributed by atoms with Crippen LogP contribution in [-0.2, 0) is 0 Å². The number of hydrogen-bond donors (Lipinski definition) is 3. The van der Waals surface area contributed by atoms with Gasteiger partial charge in [-0.1, -0.05) is 44.2 Å². The maximum absolute atomic E-state index is 9.71. The average Bonchev–Trinajstić information content (AvgIpc) is 2.39. The fourth-order valence-corrected chi connectivity index (χ4v) is 2.08. The van der Waals surface area contributed by atoms with E-state index in [9.17, 15) is 10.2 Å². The highest BCUT2D eigenvalue weighted by molar-refractivity contribution is 6.02. The van der Waals surface area contributed by atoms with Crippen molar-refractivity contribution in [3.05, 3.63) is 23.8 Å². The van der Waals surface area contributed by atoms with Gasteiger partial charge in [0.25, 0.3) is 0 Å². The number of nitrogens with zero attached hydrogens (tertiary/aromatic N) is 1. The van der Waals surface area contributed by atoms with Crippen molar-refractivity contribution in [2.75, 3.05) is 0 Å². The molecule has 3 N–H and O–H groups in total. The van der Waals surface area contributed by atoms with Crippen LogP contribution in [0.25, 0.3) is 0 Å². The molecule has 4 nitrogen and oxygen atoms in total. The Labute approximate surface area is 114 Å². The number of rotatable bonds is 8. The molecule has 0 fully saturated rings. The molecule has 0 bridgehead atoms. The number of benzene rings is 1. The van der Waals surface area contributed by atoms with E-state index < -0.39 is 0 Å². The third-order valence-electron chi connectivity index (χ3n) is 3.18. The normalized spacial score (nSPS) is 11.7. The average molecular weight is 265 g/mol. The summed E-state index contributed by atoms with van der Waals surface area (Å²) in [4.78, 5) is 0. The molecule has 0 aliphatic heterocycles. The summed E-state index contributed by atoms with van der Waals surface area (Å²) >= 11 is 0. The minimum Gasteiger partial charge on any atom is -0.508 e. The molecule has 0 saturated carbocycles. The lowest BCUT2D eigenvalue weighted by molar-refractivity contribution is 0.317. The first-order chi connectivity index (χ1) is 9.19. The van der Waals surface area contributed by atoms with Crippen LogP contribution in [-0.4, -0.2) is 21.1 Å². The second-order valence-corrected chi connectivity index (χ2v) is 4.77. The first kappa shape index (κ1) is 15.3. The Kier molecular flexibility index (Phi) is 6.79. The number of phenolic OH excluding ortho intramolecular Hbond substituents is 2. The zero-order chi connectivity index (χ0) is 14.1. The van der Waals surface area contributed by atoms with Gasteiger partial charge < -0.3 is 15.4 Å². The van der Waals surface area contributed by atoms with E-state index in [2.05, 4.69) is 12.1 Å². The zero-order valence-electron chi connectivity index (χ0n) is 11.5. The molecule has 1 aromatic carbocycles. The van der Waals surface area contributed by atoms with E-state index in [0.717, 1.165) is 12.8 Å². The number of oxime groups is 1. The largest absolute Gasteiger partial charge is 0.508 e. The van der Waals surface area contributed by atoms with Gasteiger partial charge in [-0.2, -0.15) is 0 Å². The van der Waals surface area contributed by atoms with Gasteiger partial charge in [-0.25, -0.2) is 0 Å². The van der Waals surface area contributed by atoms with Crippen molar-refractivity contribution in [2.45, 2.75) is 51.9 Å². The molecule has 4 heteroatoms. The van der Waals surface area contributed by atoms with E-state index in [1.165, 1.54) is 37.8 Å². The molecule has 0 heterocycles. The molecule has 0 spiro atoms. The molecule has 0 atom stereocenters. The fraction of sp³-hybridized carbons (Fsp3) is 0.533. The SMILES string of the molecule is CCCCCCCC/C(=N\O)c1ccc(O)cc1O. The van der Waals surface area contributed by atoms with E-state index in [4.69, 9.17) is 5.21 Å². The molecule has 0 radical (unpaired) electrons. The molecular weight excluding hydrogens is 242 g/mol. The number of aromatic hydroxyl groups is 2. The van der Waals surface area contributed by atoms with Gasteiger partial charge >= 0.3 is 0 Å². The summed E-state index contributed by atoms with van der Waals surface area (Å²) in [5, 5.41) is 31.2. The van der Waals surface area contributed by atoms with Crippen molar-refractivity contribution >= 4 is 5.71 Å². The van der Waals surface area contributed by atoms with Crippen LogP contribution >= 0.6 is 0 Å². The molecule has 0 aromatic heterocycles. The van der Waals surface area contributed by atoms with Crippen LogP contribution in [0.5, 0.6) is 11.5 Å². The molecule has 0 unspecified atom stereocenters. The van der Waals surface area contributed by atoms with Gasteiger partial charge in [0.2, 0.25) is 0 Å². The lowest BCUT2D eigenvalue weighted by Gasteiger charge is -2.07. The van der Waals surface area contributed by atoms with Gasteiger partial charge in [0, 0.05) is 11.6 Å². The third-order valence-corrected chi connectivity index (χ3v) is 3.18. The second kappa shape index (κ2) is 8.40. The zero-order valence-corrected chi connectivity index (χ0v) is 11.5. The maximum atomic E-state index is 9.71. The van der Waals surface area contributed by atoms with E-state index in [1.54, 1.807) is 6.07 Å². The Hall–Kier alpha value is -1.71. The molecule has 0 amide bonds. The highest BCUT2D eigenvalue weighted by Gasteiger charge is 2.10. The summed E-state index contributed by atoms with van der Waals surface area (Å²) in [6, 6.07) is 4.29. The molecule has 19 heavy (non-hydrogen) atoms. The maximum Gasteiger partial charge on any atom is 0.128 e. The minimum atomic E-state index is -0.0567. The summed E-state index contributed by atoms with van der Waals surface area (Å²) < 4.78 is 0. The van der Waals surface area contributed by atoms with Gasteiger partial charge in [0.15, 0.2) is 0 Å². The summed E-state index contributed by atoms with van der Waals surface area (Å²) in [6.07, 6.45) is 7.58. The minimum absolute atomic E-state index is 0.00175. The third kappa shape index (κ3) is 5.20. The molecular formula is C15H23NO3. The van der Waals surface area contributed by atoms with Crippen molar-refractivity contribution < 1.29 is 15.4 Å². The molecule has 106 valence electrons. The predicted molar refractivity (Wildman–Crippen MR) is 76.1 cm³/mol. The van der Waals surface area contributed by atoms with Crippen LogP contribution in [0.1, 0.15) is 57.4 Å². The van der Waals surface area contributed by atoms with Crippen LogP contribution in [0.15, 0.2) is 23.4 Å². The van der Waals surface area contributed by atoms with Crippen molar-refractivity contribution in [3.8, 4) is 11.5 Å². The van der Waals surface area contributed by atoms with Gasteiger partial charge in [-0.15, -0.1) is 0 Å². The Bertz CT molecular complexity index is 416. The molecule has 0 saturated heterocycles. The number of phenols is 2. The Balaban J connectivity index is 2.46. The van der Waals surface area contributed by atoms with Gasteiger partial charge in [-0.3, -0.25) is 0 Å². The number of hydrogen-bond acceptors (Lipinski definition) is 4. The van der Waals surface area contributed by atoms with Crippen molar-refractivity contribution in [3.63, 3.8) is 0 Å². The van der Waals surface area contributed by atoms with E-state index in [-0.39, 0.29) is 11.5 Å². The summed E-state index contributed by atoms with van der Waals surface area (Å²) in [6.45, 7) is 2.18. The van der Waals surface area contributed by atoms with Crippen LogP contribution < -0.4 is 0 Å². The Morgan fingerprint density at radius 2 is 1.74 bits per heavy atom. The predicted octanol–water partition coefficient (Wildman–Crippen LogP) is 4.03. The standard InChI is InChI=1S/C15H23NO3/c1-2-3-4-5-6-7-8-14(16-19)13-10-9-12(17)11-15(13)18/h9-11,17-19H,2-8H2,1H3/b16-14+. The van der Waals surface area contributed by atoms with E-state index >= 15 is 0 Å². The van der Waals surface area contributed by atoms with Crippen molar-refractivity contribution in [2.24, 2.45) is 5.16 Å². The fourth-order valence-electron chi connectivity index (χ4n) is 2.08. The molecule has 0 aliphatic carbocycles. The summed E-state index contributed by atoms with van der Waals surface area (Å²) in [7, 11) is 0. The van der Waals surface area contributed by atoms with Crippen LogP contribution in [0.3, 0.4) is 0 Å². The molecule has 0 aliphatic rings. The van der Waals surface area contributed by atoms with Gasteiger partial charge in [0.1, 0.15) is 11.5 Å². The second-order valence-electron chi connectivity index (χ2n) is 4.77. The monoisotopic (exact) mass is 265 g/mol. The number of unbranched alkanes of at least 4 members (excludes halogenated alkanes) is 5. The van der Waals surface area contributed by atoms with Gasteiger partial charge in [-0.05, 0) is 25.0 Å². The lowest BCUT2D eigenvalue weighted by atomic mass is 10.0. The first-order valence-corrected chi connectivity index (χ1v) is 6.92. The highest BCUT2D eigenvalue weighted by atomic mass is 16.4. The van der Waals surface area contributed by atoms with Crippen molar-refractivity contribution in [1.82, 2.24) is 0 Å². The Morgan fingerprint density at radius 1 is 1.05 bits per heavy atom.